The van der Waals surface area contributed by atoms with E-state index >= 15 is 0 Å². The molecule has 1 atom stereocenters. The van der Waals surface area contributed by atoms with Gasteiger partial charge in [-0.15, -0.1) is 11.3 Å². The molecule has 148 valence electrons. The summed E-state index contributed by atoms with van der Waals surface area (Å²) in [6, 6.07) is 11.1. The first-order valence-electron chi connectivity index (χ1n) is 9.62. The van der Waals surface area contributed by atoms with Gasteiger partial charge in [0.1, 0.15) is 0 Å². The van der Waals surface area contributed by atoms with Gasteiger partial charge >= 0.3 is 0 Å². The Bertz CT molecular complexity index is 696. The van der Waals surface area contributed by atoms with Gasteiger partial charge in [0.2, 0.25) is 0 Å². The average Bonchev–Trinajstić information content (AvgIpc) is 3.14. The van der Waals surface area contributed by atoms with Gasteiger partial charge in [0.05, 0.1) is 17.2 Å². The lowest BCUT2D eigenvalue weighted by atomic mass is 10.1. The largest absolute Gasteiger partial charge is 0.356 e. The third-order valence-corrected chi connectivity index (χ3v) is 5.80. The van der Waals surface area contributed by atoms with E-state index in [1.807, 2.05) is 0 Å². The second kappa shape index (κ2) is 11.0. The molecule has 2 N–H and O–H groups in total. The summed E-state index contributed by atoms with van der Waals surface area (Å²) in [5, 5.41) is 10.1. The number of hydrogen-bond donors (Lipinski definition) is 2. The Morgan fingerprint density at radius 2 is 1.93 bits per heavy atom. The van der Waals surface area contributed by atoms with Crippen molar-refractivity contribution in [3.8, 4) is 0 Å². The predicted molar refractivity (Wildman–Crippen MR) is 116 cm³/mol. The van der Waals surface area contributed by atoms with Gasteiger partial charge < -0.3 is 10.6 Å². The van der Waals surface area contributed by atoms with Crippen molar-refractivity contribution in [1.29, 1.82) is 0 Å². The number of aromatic nitrogens is 1. The number of hydrogen-bond acceptors (Lipinski definition) is 4. The zero-order chi connectivity index (χ0) is 19.6. The molecule has 0 aliphatic carbocycles. The maximum Gasteiger partial charge on any atom is 0.191 e. The van der Waals surface area contributed by atoms with Gasteiger partial charge in [0.25, 0.3) is 0 Å². The molecule has 1 unspecified atom stereocenters. The van der Waals surface area contributed by atoms with Gasteiger partial charge in [-0.3, -0.25) is 9.89 Å². The average molecular weight is 388 g/mol. The van der Waals surface area contributed by atoms with Gasteiger partial charge in [-0.2, -0.15) is 0 Å². The second-order valence-electron chi connectivity index (χ2n) is 7.22. The van der Waals surface area contributed by atoms with E-state index in [4.69, 9.17) is 0 Å². The van der Waals surface area contributed by atoms with Crippen LogP contribution >= 0.6 is 11.3 Å². The fraction of sp³-hybridized carbons (Fsp3) is 0.524. The van der Waals surface area contributed by atoms with Crippen LogP contribution in [-0.4, -0.2) is 42.5 Å². The Morgan fingerprint density at radius 3 is 2.56 bits per heavy atom. The minimum absolute atomic E-state index is 0.482. The number of nitrogens with one attached hydrogen (secondary N) is 2. The molecule has 0 amide bonds. The summed E-state index contributed by atoms with van der Waals surface area (Å²) in [5.74, 6) is 1.31. The van der Waals surface area contributed by atoms with Crippen LogP contribution in [0.5, 0.6) is 0 Å². The van der Waals surface area contributed by atoms with Crippen molar-refractivity contribution >= 4 is 17.3 Å². The van der Waals surface area contributed by atoms with Crippen molar-refractivity contribution in [1.82, 2.24) is 20.5 Å². The molecule has 6 heteroatoms. The van der Waals surface area contributed by atoms with Crippen molar-refractivity contribution < 1.29 is 0 Å². The van der Waals surface area contributed by atoms with Gasteiger partial charge in [0.15, 0.2) is 5.96 Å². The topological polar surface area (TPSA) is 52.6 Å². The van der Waals surface area contributed by atoms with Crippen molar-refractivity contribution in [2.45, 2.75) is 52.2 Å². The third kappa shape index (κ3) is 7.31. The summed E-state index contributed by atoms with van der Waals surface area (Å²) in [4.78, 5) is 11.3. The summed E-state index contributed by atoms with van der Waals surface area (Å²) in [6.07, 6.45) is 1.05. The fourth-order valence-corrected chi connectivity index (χ4v) is 3.55. The van der Waals surface area contributed by atoms with E-state index in [9.17, 15) is 0 Å². The van der Waals surface area contributed by atoms with Crippen LogP contribution in [0.1, 0.15) is 49.4 Å². The highest BCUT2D eigenvalue weighted by Gasteiger charge is 2.10. The minimum atomic E-state index is 0.482. The number of guanidine groups is 1. The molecule has 0 aliphatic heterocycles. The van der Waals surface area contributed by atoms with Crippen LogP contribution in [0.25, 0.3) is 0 Å². The number of nitrogens with zero attached hydrogens (tertiary/aromatic N) is 3. The number of benzene rings is 1. The van der Waals surface area contributed by atoms with Gasteiger partial charge in [-0.25, -0.2) is 4.98 Å². The molecule has 2 aromatic rings. The predicted octanol–water partition coefficient (Wildman–Crippen LogP) is 3.84. The molecule has 5 nitrogen and oxygen atoms in total. The van der Waals surface area contributed by atoms with E-state index < -0.39 is 0 Å². The molecule has 0 saturated carbocycles. The van der Waals surface area contributed by atoms with Crippen LogP contribution in [-0.2, 0) is 13.1 Å². The zero-order valence-electron chi connectivity index (χ0n) is 17.2. The summed E-state index contributed by atoms with van der Waals surface area (Å²) in [7, 11) is 3.99. The highest BCUT2D eigenvalue weighted by atomic mass is 32.1. The van der Waals surface area contributed by atoms with E-state index in [0.717, 1.165) is 31.2 Å². The van der Waals surface area contributed by atoms with Crippen LogP contribution in [0, 0.1) is 0 Å². The Balaban J connectivity index is 1.70. The lowest BCUT2D eigenvalue weighted by Gasteiger charge is -2.25. The second-order valence-corrected chi connectivity index (χ2v) is 8.11. The quantitative estimate of drug-likeness (QED) is 0.507. The molecule has 1 aromatic carbocycles. The first-order chi connectivity index (χ1) is 13.0. The van der Waals surface area contributed by atoms with E-state index in [-0.39, 0.29) is 0 Å². The maximum atomic E-state index is 4.65. The van der Waals surface area contributed by atoms with Crippen LogP contribution in [0.4, 0.5) is 0 Å². The zero-order valence-corrected chi connectivity index (χ0v) is 18.0. The van der Waals surface area contributed by atoms with E-state index in [1.54, 1.807) is 18.4 Å². The van der Waals surface area contributed by atoms with Gasteiger partial charge in [0, 0.05) is 37.5 Å². The normalized spacial score (nSPS) is 13.2. The molecular weight excluding hydrogens is 354 g/mol. The SMILES string of the molecule is CN=C(NCCC(C)N(C)Cc1ccccc1)NCc1csc(C(C)C)n1. The van der Waals surface area contributed by atoms with Crippen molar-refractivity contribution in [2.75, 3.05) is 20.6 Å². The fourth-order valence-electron chi connectivity index (χ4n) is 2.71. The Morgan fingerprint density at radius 1 is 1.19 bits per heavy atom. The van der Waals surface area contributed by atoms with Crippen LogP contribution < -0.4 is 10.6 Å². The maximum absolute atomic E-state index is 4.65. The lowest BCUT2D eigenvalue weighted by molar-refractivity contribution is 0.238. The highest BCUT2D eigenvalue weighted by molar-refractivity contribution is 7.09. The Kier molecular flexibility index (Phi) is 8.75. The molecule has 0 radical (unpaired) electrons. The molecule has 1 aromatic heterocycles. The Hall–Kier alpha value is -1.92. The lowest BCUT2D eigenvalue weighted by Crippen LogP contribution is -2.39. The molecule has 0 aliphatic rings. The number of thiazole rings is 1. The monoisotopic (exact) mass is 387 g/mol. The summed E-state index contributed by atoms with van der Waals surface area (Å²) in [5.41, 5.74) is 2.42. The molecule has 0 spiro atoms. The summed E-state index contributed by atoms with van der Waals surface area (Å²) >= 11 is 1.73. The first-order valence-corrected chi connectivity index (χ1v) is 10.5. The first kappa shape index (κ1) is 21.4. The van der Waals surface area contributed by atoms with Crippen LogP contribution in [0.15, 0.2) is 40.7 Å². The highest BCUT2D eigenvalue weighted by Crippen LogP contribution is 2.18. The Labute approximate surface area is 167 Å². The summed E-state index contributed by atoms with van der Waals surface area (Å²) < 4.78 is 0. The molecular formula is C21H33N5S. The van der Waals surface area contributed by atoms with Gasteiger partial charge in [-0.05, 0) is 26.0 Å². The molecule has 0 fully saturated rings. The van der Waals surface area contributed by atoms with Gasteiger partial charge in [-0.1, -0.05) is 44.2 Å². The van der Waals surface area contributed by atoms with Crippen molar-refractivity contribution in [2.24, 2.45) is 4.99 Å². The van der Waals surface area contributed by atoms with Crippen LogP contribution in [0.3, 0.4) is 0 Å². The standard InChI is InChI=1S/C21H33N5S/c1-16(2)20-25-19(15-27-20)13-24-21(22-4)23-12-11-17(3)26(5)14-18-9-7-6-8-10-18/h6-10,15-17H,11-14H2,1-5H3,(H2,22,23,24). The number of rotatable bonds is 9. The molecule has 2 rings (SSSR count). The molecule has 27 heavy (non-hydrogen) atoms. The third-order valence-electron chi connectivity index (χ3n) is 4.61. The summed E-state index contributed by atoms with van der Waals surface area (Å²) in [6.45, 7) is 9.17. The number of aliphatic imine (C=N–C) groups is 1. The van der Waals surface area contributed by atoms with E-state index in [0.29, 0.717) is 18.5 Å². The van der Waals surface area contributed by atoms with E-state index in [1.165, 1.54) is 10.6 Å². The van der Waals surface area contributed by atoms with Crippen molar-refractivity contribution in [3.63, 3.8) is 0 Å². The minimum Gasteiger partial charge on any atom is -0.356 e. The smallest absolute Gasteiger partial charge is 0.191 e. The molecule has 1 heterocycles. The van der Waals surface area contributed by atoms with Crippen molar-refractivity contribution in [3.05, 3.63) is 52.0 Å². The van der Waals surface area contributed by atoms with E-state index in [2.05, 4.69) is 89.0 Å². The van der Waals surface area contributed by atoms with Crippen LogP contribution in [0.2, 0.25) is 0 Å². The molecule has 0 saturated heterocycles. The molecule has 0 bridgehead atoms.